The minimum atomic E-state index is -0.0879. The molecular formula is C33H33F. The first kappa shape index (κ1) is 23.8. The van der Waals surface area contributed by atoms with Crippen LogP contribution in [0.5, 0.6) is 0 Å². The smallest absolute Gasteiger partial charge is 0.134 e. The summed E-state index contributed by atoms with van der Waals surface area (Å²) in [7, 11) is 0. The van der Waals surface area contributed by atoms with Crippen LogP contribution in [0.4, 0.5) is 4.39 Å². The molecule has 0 aliphatic rings. The highest BCUT2D eigenvalue weighted by molar-refractivity contribution is 5.85. The van der Waals surface area contributed by atoms with E-state index in [1.54, 1.807) is 0 Å². The molecule has 34 heavy (non-hydrogen) atoms. The highest BCUT2D eigenvalue weighted by atomic mass is 19.1. The molecule has 0 radical (unpaired) electrons. The molecule has 0 saturated carbocycles. The molecule has 0 spiro atoms. The zero-order valence-corrected chi connectivity index (χ0v) is 20.3. The van der Waals surface area contributed by atoms with Gasteiger partial charge >= 0.3 is 0 Å². The Hall–Kier alpha value is -3.37. The molecule has 0 aliphatic carbocycles. The van der Waals surface area contributed by atoms with Gasteiger partial charge in [-0.2, -0.15) is 0 Å². The largest absolute Gasteiger partial charge is 0.206 e. The molecule has 0 heterocycles. The maximum absolute atomic E-state index is 14.8. The van der Waals surface area contributed by atoms with Crippen LogP contribution in [0.25, 0.3) is 21.9 Å². The van der Waals surface area contributed by atoms with E-state index in [0.29, 0.717) is 5.39 Å². The number of benzene rings is 4. The highest BCUT2D eigenvalue weighted by Gasteiger charge is 2.07. The standard InChI is InChI=1S/C33H33F/c1-3-5-7-8-25-12-17-28(18-13-25)29-19-14-26(15-20-29)10-11-27-16-23-32-31(24-27)22-21-30(33(32)34)9-6-4-2/h12-24H,3-9H2,1-2H3. The maximum atomic E-state index is 14.8. The highest BCUT2D eigenvalue weighted by Crippen LogP contribution is 2.24. The first-order valence-electron chi connectivity index (χ1n) is 12.6. The molecule has 0 bridgehead atoms. The van der Waals surface area contributed by atoms with Crippen LogP contribution in [0.2, 0.25) is 0 Å². The second-order valence-corrected chi connectivity index (χ2v) is 9.06. The van der Waals surface area contributed by atoms with E-state index in [4.69, 9.17) is 0 Å². The van der Waals surface area contributed by atoms with E-state index >= 15 is 0 Å². The van der Waals surface area contributed by atoms with Crippen LogP contribution in [-0.4, -0.2) is 0 Å². The third-order valence-corrected chi connectivity index (χ3v) is 6.43. The summed E-state index contributed by atoms with van der Waals surface area (Å²) in [6.07, 6.45) is 7.83. The Labute approximate surface area is 203 Å². The summed E-state index contributed by atoms with van der Waals surface area (Å²) in [5.41, 5.74) is 6.52. The first-order chi connectivity index (χ1) is 16.7. The molecule has 0 amide bonds. The molecule has 0 fully saturated rings. The zero-order valence-electron chi connectivity index (χ0n) is 20.3. The number of hydrogen-bond donors (Lipinski definition) is 0. The Bertz CT molecular complexity index is 1280. The average Bonchev–Trinajstić information content (AvgIpc) is 2.88. The third-order valence-electron chi connectivity index (χ3n) is 6.43. The van der Waals surface area contributed by atoms with Gasteiger partial charge in [-0.15, -0.1) is 0 Å². The fourth-order valence-electron chi connectivity index (χ4n) is 4.31. The molecule has 0 N–H and O–H groups in total. The van der Waals surface area contributed by atoms with Crippen LogP contribution >= 0.6 is 0 Å². The Kier molecular flexibility index (Phi) is 8.16. The summed E-state index contributed by atoms with van der Waals surface area (Å²) < 4.78 is 14.8. The average molecular weight is 449 g/mol. The normalized spacial score (nSPS) is 10.8. The van der Waals surface area contributed by atoms with Gasteiger partial charge in [-0.1, -0.05) is 99.5 Å². The minimum absolute atomic E-state index is 0.0879. The number of halogens is 1. The predicted octanol–water partition coefficient (Wildman–Crippen LogP) is 9.12. The van der Waals surface area contributed by atoms with E-state index in [9.17, 15) is 4.39 Å². The van der Waals surface area contributed by atoms with Gasteiger partial charge in [0.15, 0.2) is 0 Å². The van der Waals surface area contributed by atoms with Crippen LogP contribution in [0.1, 0.15) is 68.2 Å². The molecule has 0 unspecified atom stereocenters. The van der Waals surface area contributed by atoms with Crippen LogP contribution in [0.3, 0.4) is 0 Å². The van der Waals surface area contributed by atoms with Crippen molar-refractivity contribution in [3.05, 3.63) is 107 Å². The summed E-state index contributed by atoms with van der Waals surface area (Å²) in [5.74, 6) is 6.40. The quantitative estimate of drug-likeness (QED) is 0.186. The van der Waals surface area contributed by atoms with Crippen molar-refractivity contribution < 1.29 is 4.39 Å². The van der Waals surface area contributed by atoms with Gasteiger partial charge in [-0.25, -0.2) is 4.39 Å². The van der Waals surface area contributed by atoms with Gasteiger partial charge in [0.1, 0.15) is 5.82 Å². The molecule has 0 atom stereocenters. The lowest BCUT2D eigenvalue weighted by Gasteiger charge is -2.06. The molecule has 172 valence electrons. The van der Waals surface area contributed by atoms with E-state index in [0.717, 1.165) is 47.8 Å². The Morgan fingerprint density at radius 3 is 1.97 bits per heavy atom. The fraction of sp³-hybridized carbons (Fsp3) is 0.273. The predicted molar refractivity (Wildman–Crippen MR) is 144 cm³/mol. The van der Waals surface area contributed by atoms with E-state index in [-0.39, 0.29) is 5.82 Å². The van der Waals surface area contributed by atoms with Crippen LogP contribution in [-0.2, 0) is 12.8 Å². The number of aryl methyl sites for hydroxylation is 2. The lowest BCUT2D eigenvalue weighted by molar-refractivity contribution is 0.614. The van der Waals surface area contributed by atoms with Crippen molar-refractivity contribution in [2.75, 3.05) is 0 Å². The summed E-state index contributed by atoms with van der Waals surface area (Å²) in [4.78, 5) is 0. The van der Waals surface area contributed by atoms with Crippen molar-refractivity contribution >= 4 is 10.8 Å². The molecule has 4 aromatic carbocycles. The summed E-state index contributed by atoms with van der Waals surface area (Å²) in [5, 5.41) is 1.58. The summed E-state index contributed by atoms with van der Waals surface area (Å²) >= 11 is 0. The van der Waals surface area contributed by atoms with Gasteiger partial charge in [0.2, 0.25) is 0 Å². The van der Waals surface area contributed by atoms with E-state index in [1.165, 1.54) is 36.0 Å². The van der Waals surface area contributed by atoms with Gasteiger partial charge in [-0.05, 0) is 77.6 Å². The van der Waals surface area contributed by atoms with E-state index in [2.05, 4.69) is 74.2 Å². The van der Waals surface area contributed by atoms with Crippen LogP contribution in [0, 0.1) is 17.7 Å². The molecule has 0 saturated heterocycles. The van der Waals surface area contributed by atoms with Gasteiger partial charge < -0.3 is 0 Å². The number of rotatable bonds is 8. The number of fused-ring (bicyclic) bond motifs is 1. The van der Waals surface area contributed by atoms with Gasteiger partial charge in [-0.3, -0.25) is 0 Å². The second-order valence-electron chi connectivity index (χ2n) is 9.06. The van der Waals surface area contributed by atoms with Crippen molar-refractivity contribution in [1.82, 2.24) is 0 Å². The van der Waals surface area contributed by atoms with Crippen LogP contribution < -0.4 is 0 Å². The van der Waals surface area contributed by atoms with Gasteiger partial charge in [0, 0.05) is 16.5 Å². The number of unbranched alkanes of at least 4 members (excludes halogenated alkanes) is 3. The molecule has 0 aromatic heterocycles. The molecule has 0 aliphatic heterocycles. The molecule has 0 nitrogen and oxygen atoms in total. The maximum Gasteiger partial charge on any atom is 0.134 e. The second kappa shape index (κ2) is 11.7. The van der Waals surface area contributed by atoms with Crippen molar-refractivity contribution in [1.29, 1.82) is 0 Å². The Balaban J connectivity index is 1.46. The molecule has 1 heteroatoms. The van der Waals surface area contributed by atoms with Gasteiger partial charge in [0.05, 0.1) is 0 Å². The van der Waals surface area contributed by atoms with Crippen molar-refractivity contribution in [3.8, 4) is 23.0 Å². The molecule has 4 aromatic rings. The van der Waals surface area contributed by atoms with Gasteiger partial charge in [0.25, 0.3) is 0 Å². The van der Waals surface area contributed by atoms with Crippen molar-refractivity contribution in [2.45, 2.75) is 58.8 Å². The monoisotopic (exact) mass is 448 g/mol. The first-order valence-corrected chi connectivity index (χ1v) is 12.6. The fourth-order valence-corrected chi connectivity index (χ4v) is 4.31. The minimum Gasteiger partial charge on any atom is -0.206 e. The zero-order chi connectivity index (χ0) is 23.8. The summed E-state index contributed by atoms with van der Waals surface area (Å²) in [6, 6.07) is 27.0. The van der Waals surface area contributed by atoms with Crippen molar-refractivity contribution in [2.24, 2.45) is 0 Å². The molecular weight excluding hydrogens is 415 g/mol. The third kappa shape index (κ3) is 5.95. The Morgan fingerprint density at radius 1 is 0.618 bits per heavy atom. The molecule has 4 rings (SSSR count). The number of hydrogen-bond acceptors (Lipinski definition) is 0. The lowest BCUT2D eigenvalue weighted by Crippen LogP contribution is -1.92. The lowest BCUT2D eigenvalue weighted by atomic mass is 10.00. The van der Waals surface area contributed by atoms with Crippen molar-refractivity contribution in [3.63, 3.8) is 0 Å². The van der Waals surface area contributed by atoms with E-state index in [1.807, 2.05) is 30.3 Å². The Morgan fingerprint density at radius 2 is 1.26 bits per heavy atom. The van der Waals surface area contributed by atoms with E-state index < -0.39 is 0 Å². The van der Waals surface area contributed by atoms with Crippen LogP contribution in [0.15, 0.2) is 78.9 Å². The SMILES string of the molecule is CCCCCc1ccc(-c2ccc(C#Cc3ccc4c(F)c(CCCC)ccc4c3)cc2)cc1. The summed E-state index contributed by atoms with van der Waals surface area (Å²) in [6.45, 7) is 4.37. The topological polar surface area (TPSA) is 0 Å².